The van der Waals surface area contributed by atoms with Crippen LogP contribution in [-0.4, -0.2) is 10.2 Å². The van der Waals surface area contributed by atoms with Gasteiger partial charge in [0.15, 0.2) is 0 Å². The maximum Gasteiger partial charge on any atom is 0.134 e. The number of nitrogens with two attached hydrogens (primary N) is 1. The molecule has 0 amide bonds. The Morgan fingerprint density at radius 1 is 1.14 bits per heavy atom. The molecule has 4 heteroatoms. The van der Waals surface area contributed by atoms with Gasteiger partial charge >= 0.3 is 0 Å². The molecule has 1 aromatic rings. The van der Waals surface area contributed by atoms with Gasteiger partial charge in [-0.05, 0) is 61.7 Å². The minimum atomic E-state index is 0.0661. The van der Waals surface area contributed by atoms with Crippen molar-refractivity contribution in [3.63, 3.8) is 0 Å². The molecule has 3 atom stereocenters. The minimum Gasteiger partial charge on any atom is -0.322 e. The van der Waals surface area contributed by atoms with Crippen LogP contribution in [0.3, 0.4) is 0 Å². The Bertz CT molecular complexity index is 548. The van der Waals surface area contributed by atoms with Crippen LogP contribution in [0.4, 0.5) is 0 Å². The van der Waals surface area contributed by atoms with E-state index in [0.717, 1.165) is 17.3 Å². The van der Waals surface area contributed by atoms with E-state index in [0.29, 0.717) is 16.2 Å². The summed E-state index contributed by atoms with van der Waals surface area (Å²) in [4.78, 5) is 0. The lowest BCUT2D eigenvalue weighted by Crippen LogP contribution is -2.56. The molecular weight excluding hydrogens is 278 g/mol. The fourth-order valence-electron chi connectivity index (χ4n) is 6.46. The molecule has 4 bridgehead atoms. The molecule has 0 aliphatic heterocycles. The second-order valence-corrected chi connectivity index (χ2v) is 9.88. The van der Waals surface area contributed by atoms with Gasteiger partial charge in [0, 0.05) is 5.41 Å². The van der Waals surface area contributed by atoms with Gasteiger partial charge in [0.05, 0.1) is 6.04 Å². The highest BCUT2D eigenvalue weighted by Gasteiger charge is 2.61. The molecule has 4 aliphatic carbocycles. The molecule has 4 fully saturated rings. The van der Waals surface area contributed by atoms with E-state index in [1.807, 2.05) is 0 Å². The molecule has 0 saturated heterocycles. The standard InChI is InChI=1S/C17H27N3S/c1-4-12(18)13-19-20-14(21-13)17-7-11-5-15(2,9-17)8-16(3,6-11)10-17/h11-12H,4-10,18H2,1-3H3. The van der Waals surface area contributed by atoms with E-state index in [1.165, 1.54) is 43.5 Å². The van der Waals surface area contributed by atoms with Crippen molar-refractivity contribution < 1.29 is 0 Å². The van der Waals surface area contributed by atoms with E-state index in [2.05, 4.69) is 31.0 Å². The van der Waals surface area contributed by atoms with E-state index in [9.17, 15) is 0 Å². The lowest BCUT2D eigenvalue weighted by Gasteiger charge is -2.64. The Kier molecular flexibility index (Phi) is 2.89. The van der Waals surface area contributed by atoms with Gasteiger partial charge in [-0.1, -0.05) is 32.1 Å². The average Bonchev–Trinajstić information content (AvgIpc) is 2.83. The number of rotatable bonds is 3. The summed E-state index contributed by atoms with van der Waals surface area (Å²) < 4.78 is 0. The van der Waals surface area contributed by atoms with Crippen LogP contribution in [0.2, 0.25) is 0 Å². The Morgan fingerprint density at radius 2 is 1.81 bits per heavy atom. The Hall–Kier alpha value is -0.480. The summed E-state index contributed by atoms with van der Waals surface area (Å²) in [5.74, 6) is 0.906. The predicted molar refractivity (Wildman–Crippen MR) is 86.2 cm³/mol. The first-order chi connectivity index (χ1) is 9.85. The molecule has 4 aliphatic rings. The predicted octanol–water partition coefficient (Wildman–Crippen LogP) is 4.20. The quantitative estimate of drug-likeness (QED) is 0.910. The second-order valence-electron chi connectivity index (χ2n) is 8.87. The van der Waals surface area contributed by atoms with E-state index >= 15 is 0 Å². The summed E-state index contributed by atoms with van der Waals surface area (Å²) in [6.45, 7) is 7.16. The highest BCUT2D eigenvalue weighted by atomic mass is 32.1. The van der Waals surface area contributed by atoms with Crippen LogP contribution in [0.1, 0.15) is 81.8 Å². The van der Waals surface area contributed by atoms with Gasteiger partial charge in [-0.2, -0.15) is 0 Å². The van der Waals surface area contributed by atoms with Crippen molar-refractivity contribution in [1.82, 2.24) is 10.2 Å². The average molecular weight is 305 g/mol. The van der Waals surface area contributed by atoms with Gasteiger partial charge in [0.1, 0.15) is 10.0 Å². The van der Waals surface area contributed by atoms with Crippen LogP contribution < -0.4 is 5.73 Å². The third-order valence-electron chi connectivity index (χ3n) is 6.28. The first kappa shape index (κ1) is 14.1. The van der Waals surface area contributed by atoms with Crippen LogP contribution in [0.5, 0.6) is 0 Å². The Balaban J connectivity index is 1.72. The van der Waals surface area contributed by atoms with Crippen molar-refractivity contribution in [3.8, 4) is 0 Å². The van der Waals surface area contributed by atoms with Crippen molar-refractivity contribution in [2.24, 2.45) is 22.5 Å². The Morgan fingerprint density at radius 3 is 2.38 bits per heavy atom. The zero-order valence-corrected chi connectivity index (χ0v) is 14.3. The molecule has 5 rings (SSSR count). The molecule has 21 heavy (non-hydrogen) atoms. The van der Waals surface area contributed by atoms with Crippen LogP contribution in [0.25, 0.3) is 0 Å². The van der Waals surface area contributed by atoms with Crippen LogP contribution >= 0.6 is 11.3 Å². The molecule has 0 spiro atoms. The van der Waals surface area contributed by atoms with Gasteiger partial charge in [0.2, 0.25) is 0 Å². The Labute approximate surface area is 131 Å². The normalized spacial score (nSPS) is 46.0. The van der Waals surface area contributed by atoms with Crippen LogP contribution in [0, 0.1) is 16.7 Å². The summed E-state index contributed by atoms with van der Waals surface area (Å²) in [6, 6.07) is 0.0661. The van der Waals surface area contributed by atoms with Gasteiger partial charge in [-0.25, -0.2) is 0 Å². The number of aromatic nitrogens is 2. The first-order valence-corrected chi connectivity index (χ1v) is 9.27. The third kappa shape index (κ3) is 2.09. The van der Waals surface area contributed by atoms with E-state index in [-0.39, 0.29) is 6.04 Å². The van der Waals surface area contributed by atoms with E-state index in [1.54, 1.807) is 11.3 Å². The zero-order valence-electron chi connectivity index (χ0n) is 13.5. The van der Waals surface area contributed by atoms with Crippen LogP contribution in [-0.2, 0) is 5.41 Å². The summed E-state index contributed by atoms with van der Waals surface area (Å²) >= 11 is 1.80. The molecule has 3 nitrogen and oxygen atoms in total. The van der Waals surface area contributed by atoms with E-state index < -0.39 is 0 Å². The number of hydrogen-bond donors (Lipinski definition) is 1. The SMILES string of the molecule is CCC(N)c1nnc(C23CC4CC(C)(CC(C)(C4)C2)C3)s1. The van der Waals surface area contributed by atoms with Crippen molar-refractivity contribution in [2.75, 3.05) is 0 Å². The van der Waals surface area contributed by atoms with Crippen molar-refractivity contribution in [1.29, 1.82) is 0 Å². The highest BCUT2D eigenvalue weighted by Crippen LogP contribution is 2.70. The monoisotopic (exact) mass is 305 g/mol. The smallest absolute Gasteiger partial charge is 0.134 e. The minimum absolute atomic E-state index is 0.0661. The van der Waals surface area contributed by atoms with Gasteiger partial charge in [0.25, 0.3) is 0 Å². The summed E-state index contributed by atoms with van der Waals surface area (Å²) in [5, 5.41) is 11.4. The topological polar surface area (TPSA) is 51.8 Å². The molecule has 1 aromatic heterocycles. The molecule has 0 aromatic carbocycles. The molecule has 4 saturated carbocycles. The summed E-state index contributed by atoms with van der Waals surface area (Å²) in [7, 11) is 0. The molecule has 1 heterocycles. The van der Waals surface area contributed by atoms with E-state index in [4.69, 9.17) is 5.73 Å². The van der Waals surface area contributed by atoms with Gasteiger partial charge in [-0.3, -0.25) is 0 Å². The summed E-state index contributed by atoms with van der Waals surface area (Å²) in [5.41, 5.74) is 7.54. The first-order valence-electron chi connectivity index (χ1n) is 8.45. The lowest BCUT2D eigenvalue weighted by atomic mass is 9.40. The van der Waals surface area contributed by atoms with Gasteiger partial charge < -0.3 is 5.73 Å². The summed E-state index contributed by atoms with van der Waals surface area (Å²) in [6.07, 6.45) is 9.21. The van der Waals surface area contributed by atoms with Crippen molar-refractivity contribution >= 4 is 11.3 Å². The third-order valence-corrected chi connectivity index (χ3v) is 7.58. The molecule has 2 N–H and O–H groups in total. The molecule has 116 valence electrons. The number of hydrogen-bond acceptors (Lipinski definition) is 4. The van der Waals surface area contributed by atoms with Gasteiger partial charge in [-0.15, -0.1) is 10.2 Å². The van der Waals surface area contributed by atoms with Crippen LogP contribution in [0.15, 0.2) is 0 Å². The fourth-order valence-corrected chi connectivity index (χ4v) is 7.58. The van der Waals surface area contributed by atoms with Crippen molar-refractivity contribution in [2.45, 2.75) is 77.2 Å². The number of nitrogens with zero attached hydrogens (tertiary/aromatic N) is 2. The largest absolute Gasteiger partial charge is 0.322 e. The second kappa shape index (κ2) is 4.29. The molecule has 0 radical (unpaired) electrons. The lowest BCUT2D eigenvalue weighted by molar-refractivity contribution is -0.110. The van der Waals surface area contributed by atoms with Crippen molar-refractivity contribution in [3.05, 3.63) is 10.0 Å². The molecular formula is C17H27N3S. The highest BCUT2D eigenvalue weighted by molar-refractivity contribution is 7.11. The zero-order chi connectivity index (χ0) is 14.9. The fraction of sp³-hybridized carbons (Fsp3) is 0.882. The maximum absolute atomic E-state index is 6.16. The maximum atomic E-state index is 6.16. The molecule has 3 unspecified atom stereocenters.